The molecule has 2 N–H and O–H groups in total. The number of nitrogens with zero attached hydrogens (tertiary/aromatic N) is 1. The minimum atomic E-state index is -0.875. The minimum absolute atomic E-state index is 0.0679. The molecule has 0 aliphatic rings. The monoisotopic (exact) mass is 330 g/mol. The molecule has 2 aromatic carbocycles. The molecule has 0 saturated carbocycles. The Hall–Kier alpha value is -2.36. The number of aliphatic hydroxyl groups is 1. The van der Waals surface area contributed by atoms with E-state index >= 15 is 0 Å². The molecule has 0 radical (unpaired) electrons. The van der Waals surface area contributed by atoms with Gasteiger partial charge in [-0.1, -0.05) is 12.1 Å². The highest BCUT2D eigenvalue weighted by atomic mass is 32.2. The summed E-state index contributed by atoms with van der Waals surface area (Å²) in [6.45, 7) is 0.0679. The van der Waals surface area contributed by atoms with E-state index in [4.69, 9.17) is 5.26 Å². The molecular weight excluding hydrogens is 315 g/mol. The zero-order chi connectivity index (χ0) is 16.7. The Morgan fingerprint density at radius 1 is 1.22 bits per heavy atom. The number of thioether (sulfide) groups is 1. The standard InChI is InChI=1S/C17H15FN2O2S/c18-14-5-3-13(4-6-14)16(21)10-20-17(22)11-23-15-7-1-12(9-19)2-8-15/h1-8,16,21H,10-11H2,(H,20,22). The Morgan fingerprint density at radius 3 is 2.48 bits per heavy atom. The molecule has 1 amide bonds. The molecule has 0 spiro atoms. The molecule has 0 fully saturated rings. The van der Waals surface area contributed by atoms with Gasteiger partial charge in [0.2, 0.25) is 5.91 Å². The number of amides is 1. The summed E-state index contributed by atoms with van der Waals surface area (Å²) in [6.07, 6.45) is -0.875. The third-order valence-electron chi connectivity index (χ3n) is 3.10. The van der Waals surface area contributed by atoms with Gasteiger partial charge in [0.15, 0.2) is 0 Å². The molecule has 0 aliphatic heterocycles. The maximum atomic E-state index is 12.8. The Morgan fingerprint density at radius 2 is 1.87 bits per heavy atom. The van der Waals surface area contributed by atoms with Crippen molar-refractivity contribution in [1.29, 1.82) is 5.26 Å². The van der Waals surface area contributed by atoms with Crippen LogP contribution in [0, 0.1) is 17.1 Å². The van der Waals surface area contributed by atoms with Crippen LogP contribution in [0.4, 0.5) is 4.39 Å². The van der Waals surface area contributed by atoms with Crippen LogP contribution in [0.1, 0.15) is 17.2 Å². The third-order valence-corrected chi connectivity index (χ3v) is 4.11. The molecule has 0 heterocycles. The van der Waals surface area contributed by atoms with Gasteiger partial charge in [-0.15, -0.1) is 11.8 Å². The zero-order valence-electron chi connectivity index (χ0n) is 12.2. The molecule has 0 aliphatic carbocycles. The van der Waals surface area contributed by atoms with Crippen molar-refractivity contribution in [1.82, 2.24) is 5.32 Å². The molecule has 0 saturated heterocycles. The Labute approximate surface area is 138 Å². The van der Waals surface area contributed by atoms with E-state index in [0.29, 0.717) is 11.1 Å². The minimum Gasteiger partial charge on any atom is -0.387 e. The van der Waals surface area contributed by atoms with Crippen molar-refractivity contribution in [2.75, 3.05) is 12.3 Å². The maximum absolute atomic E-state index is 12.8. The number of hydrogen-bond donors (Lipinski definition) is 2. The summed E-state index contributed by atoms with van der Waals surface area (Å²) in [7, 11) is 0. The lowest BCUT2D eigenvalue weighted by atomic mass is 10.1. The van der Waals surface area contributed by atoms with Gasteiger partial charge in [0.25, 0.3) is 0 Å². The van der Waals surface area contributed by atoms with E-state index in [9.17, 15) is 14.3 Å². The summed E-state index contributed by atoms with van der Waals surface area (Å²) in [5.41, 5.74) is 1.12. The van der Waals surface area contributed by atoms with Gasteiger partial charge in [-0.3, -0.25) is 4.79 Å². The first-order chi connectivity index (χ1) is 11.1. The van der Waals surface area contributed by atoms with E-state index in [0.717, 1.165) is 4.90 Å². The van der Waals surface area contributed by atoms with Crippen molar-refractivity contribution in [3.63, 3.8) is 0 Å². The lowest BCUT2D eigenvalue weighted by Gasteiger charge is -2.12. The van der Waals surface area contributed by atoms with Crippen molar-refractivity contribution in [3.05, 3.63) is 65.5 Å². The van der Waals surface area contributed by atoms with E-state index < -0.39 is 6.10 Å². The van der Waals surface area contributed by atoms with Crippen LogP contribution in [0.2, 0.25) is 0 Å². The summed E-state index contributed by atoms with van der Waals surface area (Å²) in [4.78, 5) is 12.7. The van der Waals surface area contributed by atoms with Gasteiger partial charge < -0.3 is 10.4 Å². The fourth-order valence-electron chi connectivity index (χ4n) is 1.84. The number of halogens is 1. The molecule has 1 atom stereocenters. The highest BCUT2D eigenvalue weighted by Gasteiger charge is 2.10. The average Bonchev–Trinajstić information content (AvgIpc) is 2.59. The lowest BCUT2D eigenvalue weighted by Crippen LogP contribution is -2.29. The Bertz CT molecular complexity index is 696. The van der Waals surface area contributed by atoms with Gasteiger partial charge in [0.1, 0.15) is 5.82 Å². The van der Waals surface area contributed by atoms with E-state index in [1.807, 2.05) is 6.07 Å². The fourth-order valence-corrected chi connectivity index (χ4v) is 2.57. The molecular formula is C17H15FN2O2S. The van der Waals surface area contributed by atoms with Crippen LogP contribution in [0.15, 0.2) is 53.4 Å². The van der Waals surface area contributed by atoms with Crippen molar-refractivity contribution >= 4 is 17.7 Å². The second kappa shape index (κ2) is 8.32. The number of carbonyl (C=O) groups excluding carboxylic acids is 1. The maximum Gasteiger partial charge on any atom is 0.230 e. The van der Waals surface area contributed by atoms with Gasteiger partial charge in [-0.25, -0.2) is 4.39 Å². The number of aliphatic hydroxyl groups excluding tert-OH is 1. The molecule has 0 bridgehead atoms. The van der Waals surface area contributed by atoms with Gasteiger partial charge in [-0.2, -0.15) is 5.26 Å². The van der Waals surface area contributed by atoms with E-state index in [1.165, 1.54) is 36.0 Å². The second-order valence-corrected chi connectivity index (χ2v) is 5.85. The van der Waals surface area contributed by atoms with Crippen LogP contribution in [0.3, 0.4) is 0 Å². The van der Waals surface area contributed by atoms with Crippen LogP contribution in [0.25, 0.3) is 0 Å². The number of rotatable bonds is 6. The SMILES string of the molecule is N#Cc1ccc(SCC(=O)NCC(O)c2ccc(F)cc2)cc1. The second-order valence-electron chi connectivity index (χ2n) is 4.80. The topological polar surface area (TPSA) is 73.1 Å². The van der Waals surface area contributed by atoms with Gasteiger partial charge in [0.05, 0.1) is 23.5 Å². The highest BCUT2D eigenvalue weighted by molar-refractivity contribution is 8.00. The fraction of sp³-hybridized carbons (Fsp3) is 0.176. The van der Waals surface area contributed by atoms with Crippen LogP contribution < -0.4 is 5.32 Å². The van der Waals surface area contributed by atoms with Crippen LogP contribution in [-0.4, -0.2) is 23.3 Å². The van der Waals surface area contributed by atoms with Crippen molar-refractivity contribution in [3.8, 4) is 6.07 Å². The van der Waals surface area contributed by atoms with Gasteiger partial charge >= 0.3 is 0 Å². The zero-order valence-corrected chi connectivity index (χ0v) is 13.0. The summed E-state index contributed by atoms with van der Waals surface area (Å²) in [5, 5.41) is 21.3. The van der Waals surface area contributed by atoms with Crippen molar-refractivity contribution in [2.45, 2.75) is 11.0 Å². The molecule has 0 aromatic heterocycles. The van der Waals surface area contributed by atoms with Crippen molar-refractivity contribution < 1.29 is 14.3 Å². The quantitative estimate of drug-likeness (QED) is 0.799. The first kappa shape index (κ1) is 17.0. The normalized spacial score (nSPS) is 11.5. The van der Waals surface area contributed by atoms with E-state index in [-0.39, 0.29) is 24.0 Å². The summed E-state index contributed by atoms with van der Waals surface area (Å²) < 4.78 is 12.8. The van der Waals surface area contributed by atoms with Crippen LogP contribution >= 0.6 is 11.8 Å². The van der Waals surface area contributed by atoms with Crippen molar-refractivity contribution in [2.24, 2.45) is 0 Å². The molecule has 23 heavy (non-hydrogen) atoms. The van der Waals surface area contributed by atoms with Gasteiger partial charge in [0, 0.05) is 11.4 Å². The average molecular weight is 330 g/mol. The number of carbonyl (C=O) groups is 1. The predicted molar refractivity (Wildman–Crippen MR) is 86.3 cm³/mol. The molecule has 118 valence electrons. The molecule has 2 rings (SSSR count). The Balaban J connectivity index is 1.76. The molecule has 6 heteroatoms. The lowest BCUT2D eigenvalue weighted by molar-refractivity contribution is -0.119. The summed E-state index contributed by atoms with van der Waals surface area (Å²) >= 11 is 1.34. The predicted octanol–water partition coefficient (Wildman–Crippen LogP) is 2.64. The smallest absolute Gasteiger partial charge is 0.230 e. The number of nitrogens with one attached hydrogen (secondary N) is 1. The molecule has 4 nitrogen and oxygen atoms in total. The van der Waals surface area contributed by atoms with E-state index in [2.05, 4.69) is 5.32 Å². The number of hydrogen-bond acceptors (Lipinski definition) is 4. The number of nitriles is 1. The first-order valence-electron chi connectivity index (χ1n) is 6.91. The van der Waals surface area contributed by atoms with Crippen LogP contribution in [-0.2, 0) is 4.79 Å². The van der Waals surface area contributed by atoms with E-state index in [1.54, 1.807) is 24.3 Å². The van der Waals surface area contributed by atoms with Gasteiger partial charge in [-0.05, 0) is 42.0 Å². The molecule has 1 unspecified atom stereocenters. The van der Waals surface area contributed by atoms with Crippen LogP contribution in [0.5, 0.6) is 0 Å². The highest BCUT2D eigenvalue weighted by Crippen LogP contribution is 2.18. The largest absolute Gasteiger partial charge is 0.387 e. The summed E-state index contributed by atoms with van der Waals surface area (Å²) in [6, 6.07) is 14.5. The summed E-state index contributed by atoms with van der Waals surface area (Å²) in [5.74, 6) is -0.369. The first-order valence-corrected chi connectivity index (χ1v) is 7.90. The third kappa shape index (κ3) is 5.40. The number of benzene rings is 2. The Kier molecular flexibility index (Phi) is 6.15. The molecule has 2 aromatic rings.